The molecule has 0 radical (unpaired) electrons. The maximum Gasteiger partial charge on any atom is 0.242 e. The van der Waals surface area contributed by atoms with E-state index in [4.69, 9.17) is 4.74 Å². The Morgan fingerprint density at radius 1 is 1.10 bits per heavy atom. The predicted molar refractivity (Wildman–Crippen MR) is 118 cm³/mol. The Balaban J connectivity index is 2.13. The van der Waals surface area contributed by atoms with E-state index in [1.54, 1.807) is 23.8 Å². The van der Waals surface area contributed by atoms with Crippen molar-refractivity contribution in [1.29, 1.82) is 0 Å². The van der Waals surface area contributed by atoms with Crippen LogP contribution in [0.2, 0.25) is 0 Å². The highest BCUT2D eigenvalue weighted by Crippen LogP contribution is 2.21. The number of benzene rings is 2. The summed E-state index contributed by atoms with van der Waals surface area (Å²) >= 11 is 1.65. The zero-order valence-electron chi connectivity index (χ0n) is 17.4. The number of ether oxygens (including phenoxy) is 1. The van der Waals surface area contributed by atoms with Crippen LogP contribution in [0.15, 0.2) is 59.5 Å². The number of thioether (sulfide) groups is 1. The van der Waals surface area contributed by atoms with Gasteiger partial charge in [-0.3, -0.25) is 9.59 Å². The predicted octanol–water partition coefficient (Wildman–Crippen LogP) is 4.12. The van der Waals surface area contributed by atoms with Gasteiger partial charge in [0.05, 0.1) is 7.11 Å². The number of likely N-dealkylation sites (N-methyl/N-ethyl adjacent to an activating group) is 1. The number of hydrogen-bond acceptors (Lipinski definition) is 4. The van der Waals surface area contributed by atoms with E-state index in [0.29, 0.717) is 31.7 Å². The molecule has 0 bridgehead atoms. The zero-order chi connectivity index (χ0) is 21.1. The molecule has 2 aromatic carbocycles. The largest absolute Gasteiger partial charge is 0.497 e. The van der Waals surface area contributed by atoms with Gasteiger partial charge < -0.3 is 15.0 Å². The van der Waals surface area contributed by atoms with Gasteiger partial charge in [0.25, 0.3) is 0 Å². The second-order valence-corrected chi connectivity index (χ2v) is 7.77. The van der Waals surface area contributed by atoms with Gasteiger partial charge in [0, 0.05) is 30.2 Å². The van der Waals surface area contributed by atoms with Crippen molar-refractivity contribution >= 4 is 23.6 Å². The van der Waals surface area contributed by atoms with Crippen molar-refractivity contribution in [2.45, 2.75) is 44.2 Å². The molecule has 0 aliphatic heterocycles. The number of carbonyl (C=O) groups is 2. The lowest BCUT2D eigenvalue weighted by atomic mass is 10.1. The third kappa shape index (κ3) is 7.13. The molecule has 0 aliphatic rings. The Morgan fingerprint density at radius 2 is 1.86 bits per heavy atom. The number of nitrogens with zero attached hydrogens (tertiary/aromatic N) is 1. The van der Waals surface area contributed by atoms with Crippen LogP contribution in [0.3, 0.4) is 0 Å². The third-order valence-corrected chi connectivity index (χ3v) is 5.57. The van der Waals surface area contributed by atoms with Gasteiger partial charge in [0.1, 0.15) is 11.8 Å². The average molecular weight is 415 g/mol. The van der Waals surface area contributed by atoms with E-state index >= 15 is 0 Å². The molecule has 0 aromatic heterocycles. The van der Waals surface area contributed by atoms with Gasteiger partial charge in [-0.2, -0.15) is 0 Å². The smallest absolute Gasteiger partial charge is 0.242 e. The average Bonchev–Trinajstić information content (AvgIpc) is 2.74. The summed E-state index contributed by atoms with van der Waals surface area (Å²) in [7, 11) is 1.62. The lowest BCUT2D eigenvalue weighted by Gasteiger charge is -2.30. The number of carbonyl (C=O) groups excluding carboxylic acids is 2. The SMILES string of the molecule is CCNC(=O)[C@@H](CC)N(Cc1cccc(OC)c1)C(=O)CCSc1ccccc1. The molecule has 0 fully saturated rings. The molecule has 5 nitrogen and oxygen atoms in total. The minimum atomic E-state index is -0.490. The highest BCUT2D eigenvalue weighted by Gasteiger charge is 2.28. The molecule has 2 amide bonds. The van der Waals surface area contributed by atoms with Crippen LogP contribution >= 0.6 is 11.8 Å². The molecule has 0 saturated heterocycles. The number of amides is 2. The van der Waals surface area contributed by atoms with Gasteiger partial charge in [-0.25, -0.2) is 0 Å². The molecule has 6 heteroatoms. The Kier molecular flexibility index (Phi) is 9.57. The molecular weight excluding hydrogens is 384 g/mol. The van der Waals surface area contributed by atoms with Crippen LogP contribution in [0.1, 0.15) is 32.3 Å². The fourth-order valence-corrected chi connectivity index (χ4v) is 3.96. The van der Waals surface area contributed by atoms with Crippen molar-refractivity contribution in [3.05, 3.63) is 60.2 Å². The molecular formula is C23H30N2O3S. The Labute approximate surface area is 177 Å². The van der Waals surface area contributed by atoms with E-state index in [0.717, 1.165) is 16.2 Å². The number of methoxy groups -OCH3 is 1. The maximum atomic E-state index is 13.1. The molecule has 1 N–H and O–H groups in total. The van der Waals surface area contributed by atoms with Crippen molar-refractivity contribution < 1.29 is 14.3 Å². The van der Waals surface area contributed by atoms with Gasteiger partial charge in [-0.05, 0) is 43.2 Å². The molecule has 0 unspecified atom stereocenters. The van der Waals surface area contributed by atoms with E-state index in [1.807, 2.05) is 68.4 Å². The van der Waals surface area contributed by atoms with Crippen LogP contribution < -0.4 is 10.1 Å². The number of nitrogens with one attached hydrogen (secondary N) is 1. The minimum absolute atomic E-state index is 0.0191. The minimum Gasteiger partial charge on any atom is -0.497 e. The molecule has 0 heterocycles. The Hall–Kier alpha value is -2.47. The van der Waals surface area contributed by atoms with Crippen LogP contribution in [0.25, 0.3) is 0 Å². The number of rotatable bonds is 11. The summed E-state index contributed by atoms with van der Waals surface area (Å²) in [6.45, 7) is 4.74. The van der Waals surface area contributed by atoms with Crippen molar-refractivity contribution in [3.8, 4) is 5.75 Å². The monoisotopic (exact) mass is 414 g/mol. The molecule has 156 valence electrons. The standard InChI is InChI=1S/C23H30N2O3S/c1-4-21(23(27)24-5-2)25(17-18-10-9-11-19(16-18)28-3)22(26)14-15-29-20-12-7-6-8-13-20/h6-13,16,21H,4-5,14-15,17H2,1-3H3,(H,24,27)/t21-/m1/s1. The second kappa shape index (κ2) is 12.2. The van der Waals surface area contributed by atoms with Crippen molar-refractivity contribution in [2.75, 3.05) is 19.4 Å². The summed E-state index contributed by atoms with van der Waals surface area (Å²) in [6.07, 6.45) is 0.937. The highest BCUT2D eigenvalue weighted by molar-refractivity contribution is 7.99. The van der Waals surface area contributed by atoms with Crippen LogP contribution in [0.4, 0.5) is 0 Å². The van der Waals surface area contributed by atoms with Gasteiger partial charge >= 0.3 is 0 Å². The fraction of sp³-hybridized carbons (Fsp3) is 0.391. The van der Waals surface area contributed by atoms with E-state index in [2.05, 4.69) is 5.32 Å². The first kappa shape index (κ1) is 22.8. The summed E-state index contributed by atoms with van der Waals surface area (Å²) in [5, 5.41) is 2.86. The Bertz CT molecular complexity index is 783. The fourth-order valence-electron chi connectivity index (χ4n) is 3.10. The van der Waals surface area contributed by atoms with Crippen LogP contribution in [-0.2, 0) is 16.1 Å². The first-order chi connectivity index (χ1) is 14.1. The van der Waals surface area contributed by atoms with Crippen LogP contribution in [-0.4, -0.2) is 42.2 Å². The van der Waals surface area contributed by atoms with Gasteiger partial charge in [-0.15, -0.1) is 11.8 Å². The summed E-state index contributed by atoms with van der Waals surface area (Å²) in [6, 6.07) is 17.2. The van der Waals surface area contributed by atoms with E-state index in [1.165, 1.54) is 0 Å². The Morgan fingerprint density at radius 3 is 2.52 bits per heavy atom. The summed E-state index contributed by atoms with van der Waals surface area (Å²) in [4.78, 5) is 28.5. The van der Waals surface area contributed by atoms with Crippen LogP contribution in [0, 0.1) is 0 Å². The second-order valence-electron chi connectivity index (χ2n) is 6.60. The molecule has 29 heavy (non-hydrogen) atoms. The van der Waals surface area contributed by atoms with Crippen LogP contribution in [0.5, 0.6) is 5.75 Å². The first-order valence-corrected chi connectivity index (χ1v) is 11.0. The molecule has 0 spiro atoms. The summed E-state index contributed by atoms with van der Waals surface area (Å²) in [5.74, 6) is 1.28. The topological polar surface area (TPSA) is 58.6 Å². The summed E-state index contributed by atoms with van der Waals surface area (Å²) in [5.41, 5.74) is 0.941. The molecule has 0 saturated carbocycles. The van der Waals surface area contributed by atoms with Gasteiger partial charge in [0.2, 0.25) is 11.8 Å². The van der Waals surface area contributed by atoms with Crippen molar-refractivity contribution in [2.24, 2.45) is 0 Å². The number of hydrogen-bond donors (Lipinski definition) is 1. The molecule has 2 rings (SSSR count). The van der Waals surface area contributed by atoms with E-state index < -0.39 is 6.04 Å². The first-order valence-electron chi connectivity index (χ1n) is 9.97. The van der Waals surface area contributed by atoms with Gasteiger partial charge in [-0.1, -0.05) is 37.3 Å². The zero-order valence-corrected chi connectivity index (χ0v) is 18.2. The lowest BCUT2D eigenvalue weighted by molar-refractivity contribution is -0.141. The van der Waals surface area contributed by atoms with E-state index in [9.17, 15) is 9.59 Å². The normalized spacial score (nSPS) is 11.6. The third-order valence-electron chi connectivity index (χ3n) is 4.55. The molecule has 2 aromatic rings. The van der Waals surface area contributed by atoms with Crippen molar-refractivity contribution in [3.63, 3.8) is 0 Å². The molecule has 1 atom stereocenters. The quantitative estimate of drug-likeness (QED) is 0.562. The maximum absolute atomic E-state index is 13.1. The highest BCUT2D eigenvalue weighted by atomic mass is 32.2. The lowest BCUT2D eigenvalue weighted by Crippen LogP contribution is -2.49. The van der Waals surface area contributed by atoms with Gasteiger partial charge in [0.15, 0.2) is 0 Å². The van der Waals surface area contributed by atoms with Crippen molar-refractivity contribution in [1.82, 2.24) is 10.2 Å². The molecule has 0 aliphatic carbocycles. The summed E-state index contributed by atoms with van der Waals surface area (Å²) < 4.78 is 5.30. The van der Waals surface area contributed by atoms with E-state index in [-0.39, 0.29) is 11.8 Å².